The van der Waals surface area contributed by atoms with Gasteiger partial charge in [0.2, 0.25) is 0 Å². The van der Waals surface area contributed by atoms with E-state index in [2.05, 4.69) is 21.0 Å². The topological polar surface area (TPSA) is 44.1 Å². The molecule has 0 aliphatic heterocycles. The van der Waals surface area contributed by atoms with Crippen molar-refractivity contribution in [2.24, 2.45) is 7.05 Å². The van der Waals surface area contributed by atoms with Gasteiger partial charge in [-0.3, -0.25) is 9.48 Å². The van der Waals surface area contributed by atoms with E-state index in [1.807, 2.05) is 24.3 Å². The summed E-state index contributed by atoms with van der Waals surface area (Å²) in [7, 11) is 3.27. The third-order valence-corrected chi connectivity index (χ3v) is 4.11. The van der Waals surface area contributed by atoms with Gasteiger partial charge in [0.25, 0.3) is 0 Å². The fourth-order valence-corrected chi connectivity index (χ4v) is 2.66. The normalized spacial score (nSPS) is 10.5. The number of hydrogen-bond acceptors (Lipinski definition) is 4. The predicted molar refractivity (Wildman–Crippen MR) is 79.0 cm³/mol. The Hall–Kier alpha value is -1.27. The number of rotatable bonds is 5. The standard InChI is InChI=1S/C13H13BrN2O2S/c1-16-13(12(18-2)7-15-16)11(17)8-19-10-5-3-9(14)4-6-10/h3-7H,8H2,1-2H3. The Labute approximate surface area is 124 Å². The third-order valence-electron chi connectivity index (χ3n) is 2.57. The number of carbonyl (C=O) groups excluding carboxylic acids is 1. The average Bonchev–Trinajstić information content (AvgIpc) is 2.79. The van der Waals surface area contributed by atoms with E-state index in [1.165, 1.54) is 18.9 Å². The molecule has 0 saturated carbocycles. The molecule has 100 valence electrons. The fraction of sp³-hybridized carbons (Fsp3) is 0.231. The van der Waals surface area contributed by atoms with E-state index in [4.69, 9.17) is 4.74 Å². The van der Waals surface area contributed by atoms with Crippen LogP contribution in [0.15, 0.2) is 39.8 Å². The number of aromatic nitrogens is 2. The first kappa shape index (κ1) is 14.1. The number of thioether (sulfide) groups is 1. The Kier molecular flexibility index (Phi) is 4.66. The van der Waals surface area contributed by atoms with Crippen molar-refractivity contribution in [2.75, 3.05) is 12.9 Å². The Balaban J connectivity index is 2.05. The van der Waals surface area contributed by atoms with E-state index >= 15 is 0 Å². The Morgan fingerprint density at radius 2 is 2.11 bits per heavy atom. The summed E-state index contributed by atoms with van der Waals surface area (Å²) in [6.07, 6.45) is 1.55. The minimum absolute atomic E-state index is 0.00442. The van der Waals surface area contributed by atoms with Crippen LogP contribution < -0.4 is 4.74 Å². The molecule has 4 nitrogen and oxygen atoms in total. The Morgan fingerprint density at radius 1 is 1.42 bits per heavy atom. The van der Waals surface area contributed by atoms with Gasteiger partial charge in [-0.05, 0) is 24.3 Å². The molecule has 6 heteroatoms. The first-order chi connectivity index (χ1) is 9.11. The third kappa shape index (κ3) is 3.39. The van der Waals surface area contributed by atoms with Crippen molar-refractivity contribution in [3.8, 4) is 5.75 Å². The number of nitrogens with zero attached hydrogens (tertiary/aromatic N) is 2. The van der Waals surface area contributed by atoms with Crippen molar-refractivity contribution in [1.82, 2.24) is 9.78 Å². The van der Waals surface area contributed by atoms with Gasteiger partial charge in [-0.15, -0.1) is 11.8 Å². The molecule has 0 aliphatic rings. The molecule has 0 aliphatic carbocycles. The van der Waals surface area contributed by atoms with Crippen LogP contribution in [0.5, 0.6) is 5.75 Å². The van der Waals surface area contributed by atoms with Crippen LogP contribution in [0.3, 0.4) is 0 Å². The average molecular weight is 341 g/mol. The maximum absolute atomic E-state index is 12.2. The summed E-state index contributed by atoms with van der Waals surface area (Å²) in [5, 5.41) is 4.03. The van der Waals surface area contributed by atoms with E-state index in [-0.39, 0.29) is 5.78 Å². The number of ketones is 1. The molecule has 1 heterocycles. The van der Waals surface area contributed by atoms with Crippen LogP contribution in [-0.2, 0) is 7.05 Å². The highest BCUT2D eigenvalue weighted by atomic mass is 79.9. The van der Waals surface area contributed by atoms with Gasteiger partial charge in [0, 0.05) is 16.4 Å². The molecule has 0 unspecified atom stereocenters. The number of ether oxygens (including phenoxy) is 1. The zero-order valence-corrected chi connectivity index (χ0v) is 13.0. The van der Waals surface area contributed by atoms with Gasteiger partial charge in [-0.2, -0.15) is 5.10 Å². The maximum atomic E-state index is 12.2. The quantitative estimate of drug-likeness (QED) is 0.619. The summed E-state index contributed by atoms with van der Waals surface area (Å²) in [5.41, 5.74) is 0.507. The van der Waals surface area contributed by atoms with Crippen LogP contribution >= 0.6 is 27.7 Å². The number of halogens is 1. The molecular formula is C13H13BrN2O2S. The number of aryl methyl sites for hydroxylation is 1. The van der Waals surface area contributed by atoms with Crippen LogP contribution in [0.25, 0.3) is 0 Å². The van der Waals surface area contributed by atoms with E-state index in [9.17, 15) is 4.79 Å². The highest BCUT2D eigenvalue weighted by Crippen LogP contribution is 2.24. The number of benzene rings is 1. The van der Waals surface area contributed by atoms with Gasteiger partial charge in [0.15, 0.2) is 11.5 Å². The van der Waals surface area contributed by atoms with Crippen molar-refractivity contribution in [1.29, 1.82) is 0 Å². The number of methoxy groups -OCH3 is 1. The molecule has 0 bridgehead atoms. The maximum Gasteiger partial charge on any atom is 0.194 e. The fourth-order valence-electron chi connectivity index (χ4n) is 1.63. The Bertz CT molecular complexity index is 581. The summed E-state index contributed by atoms with van der Waals surface area (Å²) in [6.45, 7) is 0. The van der Waals surface area contributed by atoms with Crippen molar-refractivity contribution in [2.45, 2.75) is 4.90 Å². The molecule has 1 aromatic carbocycles. The summed E-state index contributed by atoms with van der Waals surface area (Å²) in [4.78, 5) is 13.2. The molecule has 2 aromatic rings. The summed E-state index contributed by atoms with van der Waals surface area (Å²) < 4.78 is 7.70. The van der Waals surface area contributed by atoms with Gasteiger partial charge in [0.05, 0.1) is 19.1 Å². The molecule has 0 fully saturated rings. The monoisotopic (exact) mass is 340 g/mol. The highest BCUT2D eigenvalue weighted by Gasteiger charge is 2.17. The van der Waals surface area contributed by atoms with Gasteiger partial charge in [-0.1, -0.05) is 15.9 Å². The van der Waals surface area contributed by atoms with Gasteiger partial charge >= 0.3 is 0 Å². The zero-order valence-electron chi connectivity index (χ0n) is 10.6. The largest absolute Gasteiger partial charge is 0.493 e. The van der Waals surface area contributed by atoms with Crippen molar-refractivity contribution in [3.63, 3.8) is 0 Å². The lowest BCUT2D eigenvalue weighted by Gasteiger charge is -2.04. The smallest absolute Gasteiger partial charge is 0.194 e. The molecular weight excluding hydrogens is 328 g/mol. The van der Waals surface area contributed by atoms with E-state index in [1.54, 1.807) is 17.9 Å². The van der Waals surface area contributed by atoms with Crippen LogP contribution in [0, 0.1) is 0 Å². The summed E-state index contributed by atoms with van der Waals surface area (Å²) in [6, 6.07) is 7.86. The molecule has 19 heavy (non-hydrogen) atoms. The van der Waals surface area contributed by atoms with E-state index in [0.717, 1.165) is 9.37 Å². The molecule has 0 N–H and O–H groups in total. The van der Waals surface area contributed by atoms with Crippen LogP contribution in [0.1, 0.15) is 10.5 Å². The van der Waals surface area contributed by atoms with Crippen molar-refractivity contribution < 1.29 is 9.53 Å². The number of carbonyl (C=O) groups is 1. The minimum Gasteiger partial charge on any atom is -0.493 e. The molecule has 0 radical (unpaired) electrons. The Morgan fingerprint density at radius 3 is 2.74 bits per heavy atom. The highest BCUT2D eigenvalue weighted by molar-refractivity contribution is 9.10. The van der Waals surface area contributed by atoms with Crippen LogP contribution in [0.4, 0.5) is 0 Å². The van der Waals surface area contributed by atoms with Crippen LogP contribution in [-0.4, -0.2) is 28.4 Å². The minimum atomic E-state index is 0.00442. The molecule has 0 amide bonds. The van der Waals surface area contributed by atoms with Crippen molar-refractivity contribution in [3.05, 3.63) is 40.6 Å². The summed E-state index contributed by atoms with van der Waals surface area (Å²) >= 11 is 4.88. The second kappa shape index (κ2) is 6.25. The second-order valence-corrected chi connectivity index (χ2v) is 5.82. The first-order valence-electron chi connectivity index (χ1n) is 5.59. The number of hydrogen-bond donors (Lipinski definition) is 0. The van der Waals surface area contributed by atoms with Gasteiger partial charge in [0.1, 0.15) is 5.69 Å². The molecule has 0 atom stereocenters. The predicted octanol–water partition coefficient (Wildman–Crippen LogP) is 3.17. The zero-order chi connectivity index (χ0) is 13.8. The SMILES string of the molecule is COc1cnn(C)c1C(=O)CSc1ccc(Br)cc1. The van der Waals surface area contributed by atoms with Gasteiger partial charge in [-0.25, -0.2) is 0 Å². The first-order valence-corrected chi connectivity index (χ1v) is 7.37. The lowest BCUT2D eigenvalue weighted by Crippen LogP contribution is -2.10. The lowest BCUT2D eigenvalue weighted by atomic mass is 10.3. The molecule has 1 aromatic heterocycles. The molecule has 2 rings (SSSR count). The van der Waals surface area contributed by atoms with Crippen LogP contribution in [0.2, 0.25) is 0 Å². The lowest BCUT2D eigenvalue weighted by molar-refractivity contribution is 0.101. The van der Waals surface area contributed by atoms with E-state index < -0.39 is 0 Å². The van der Waals surface area contributed by atoms with Crippen molar-refractivity contribution >= 4 is 33.5 Å². The summed E-state index contributed by atoms with van der Waals surface area (Å²) in [5.74, 6) is 0.881. The van der Waals surface area contributed by atoms with Gasteiger partial charge < -0.3 is 4.74 Å². The molecule has 0 spiro atoms. The molecule has 0 saturated heterocycles. The van der Waals surface area contributed by atoms with E-state index in [0.29, 0.717) is 17.2 Å². The number of Topliss-reactive ketones (excluding diaryl/α,β-unsaturated/α-hetero) is 1. The second-order valence-electron chi connectivity index (χ2n) is 3.85.